The molecule has 0 aliphatic rings. The van der Waals surface area contributed by atoms with Crippen LogP contribution in [0, 0.1) is 0 Å². The smallest absolute Gasteiger partial charge is 0.255 e. The molecule has 32 heavy (non-hydrogen) atoms. The maximum absolute atomic E-state index is 11.1. The number of carbonyl (C=O) groups is 1. The van der Waals surface area contributed by atoms with E-state index in [0.29, 0.717) is 12.3 Å². The first-order valence-electron chi connectivity index (χ1n) is 9.81. The van der Waals surface area contributed by atoms with Gasteiger partial charge in [0.15, 0.2) is 6.61 Å². The Bertz CT molecular complexity index is 1170. The maximum Gasteiger partial charge on any atom is 0.255 e. The molecular formula is C22H23ClN6O2S. The van der Waals surface area contributed by atoms with Crippen LogP contribution in [0.2, 0.25) is 0 Å². The molecule has 0 unspecified atom stereocenters. The third kappa shape index (κ3) is 5.76. The Balaban J connectivity index is 0.00000289. The Hall–Kier alpha value is -3.14. The van der Waals surface area contributed by atoms with Crippen molar-refractivity contribution in [3.05, 3.63) is 72.3 Å². The SMILES string of the molecule is Cl.NC(=O)COc1ccc2ccccc2c1CNCCSc1nnnn1-c1ccccc1. The predicted octanol–water partition coefficient (Wildman–Crippen LogP) is 2.98. The molecule has 1 aromatic heterocycles. The third-order valence-corrected chi connectivity index (χ3v) is 5.54. The Morgan fingerprint density at radius 2 is 1.84 bits per heavy atom. The summed E-state index contributed by atoms with van der Waals surface area (Å²) in [7, 11) is 0. The van der Waals surface area contributed by atoms with E-state index in [2.05, 4.69) is 26.9 Å². The van der Waals surface area contributed by atoms with Crippen LogP contribution in [0.4, 0.5) is 0 Å². The summed E-state index contributed by atoms with van der Waals surface area (Å²) in [6, 6.07) is 21.7. The monoisotopic (exact) mass is 470 g/mol. The minimum absolute atomic E-state index is 0. The standard InChI is InChI=1S/C22H22N6O2S.ClH/c23-21(29)15-30-20-11-10-16-6-4-5-9-18(16)19(20)14-24-12-13-31-22-25-26-27-28(22)17-7-2-1-3-8-17;/h1-11,24H,12-15H2,(H2,23,29);1H. The first-order valence-corrected chi connectivity index (χ1v) is 10.8. The van der Waals surface area contributed by atoms with Gasteiger partial charge in [0.2, 0.25) is 5.16 Å². The van der Waals surface area contributed by atoms with Crippen LogP contribution in [0.25, 0.3) is 16.5 Å². The zero-order chi connectivity index (χ0) is 21.5. The lowest BCUT2D eigenvalue weighted by Crippen LogP contribution is -2.22. The molecule has 1 heterocycles. The van der Waals surface area contributed by atoms with Crippen molar-refractivity contribution in [3.8, 4) is 11.4 Å². The molecule has 166 valence electrons. The van der Waals surface area contributed by atoms with E-state index in [-0.39, 0.29) is 19.0 Å². The minimum Gasteiger partial charge on any atom is -0.483 e. The molecule has 4 rings (SSSR count). The van der Waals surface area contributed by atoms with Gasteiger partial charge in [0, 0.05) is 24.4 Å². The lowest BCUT2D eigenvalue weighted by molar-refractivity contribution is -0.119. The number of hydrogen-bond acceptors (Lipinski definition) is 7. The van der Waals surface area contributed by atoms with Crippen molar-refractivity contribution >= 4 is 40.8 Å². The van der Waals surface area contributed by atoms with Gasteiger partial charge in [-0.25, -0.2) is 0 Å². The first kappa shape index (κ1) is 23.5. The Kier molecular flexibility index (Phi) is 8.43. The molecule has 0 bridgehead atoms. The van der Waals surface area contributed by atoms with Crippen molar-refractivity contribution < 1.29 is 9.53 Å². The van der Waals surface area contributed by atoms with Crippen LogP contribution in [0.15, 0.2) is 71.9 Å². The zero-order valence-corrected chi connectivity index (χ0v) is 18.8. The molecule has 0 radical (unpaired) electrons. The van der Waals surface area contributed by atoms with Crippen molar-refractivity contribution in [2.24, 2.45) is 5.73 Å². The molecular weight excluding hydrogens is 448 g/mol. The second-order valence-electron chi connectivity index (χ2n) is 6.75. The van der Waals surface area contributed by atoms with Gasteiger partial charge >= 0.3 is 0 Å². The summed E-state index contributed by atoms with van der Waals surface area (Å²) in [5.74, 6) is 0.945. The molecule has 0 spiro atoms. The molecule has 0 atom stereocenters. The normalized spacial score (nSPS) is 10.6. The molecule has 0 fully saturated rings. The Morgan fingerprint density at radius 3 is 2.66 bits per heavy atom. The van der Waals surface area contributed by atoms with Crippen molar-refractivity contribution in [3.63, 3.8) is 0 Å². The highest BCUT2D eigenvalue weighted by molar-refractivity contribution is 7.99. The van der Waals surface area contributed by atoms with Gasteiger partial charge in [-0.3, -0.25) is 4.79 Å². The zero-order valence-electron chi connectivity index (χ0n) is 17.2. The molecule has 1 amide bonds. The number of primary amides is 1. The number of rotatable bonds is 10. The van der Waals surface area contributed by atoms with E-state index in [4.69, 9.17) is 10.5 Å². The quantitative estimate of drug-likeness (QED) is 0.271. The summed E-state index contributed by atoms with van der Waals surface area (Å²) >= 11 is 1.58. The summed E-state index contributed by atoms with van der Waals surface area (Å²) in [6.07, 6.45) is 0. The number of halogens is 1. The van der Waals surface area contributed by atoms with Gasteiger partial charge in [-0.2, -0.15) is 4.68 Å². The highest BCUT2D eigenvalue weighted by atomic mass is 35.5. The number of nitrogens with zero attached hydrogens (tertiary/aromatic N) is 4. The summed E-state index contributed by atoms with van der Waals surface area (Å²) in [4.78, 5) is 11.1. The fourth-order valence-corrected chi connectivity index (χ4v) is 4.00. The summed E-state index contributed by atoms with van der Waals surface area (Å²) in [6.45, 7) is 1.19. The van der Waals surface area contributed by atoms with E-state index in [9.17, 15) is 4.79 Å². The number of nitrogens with two attached hydrogens (primary N) is 1. The van der Waals surface area contributed by atoms with E-state index in [1.54, 1.807) is 16.4 Å². The lowest BCUT2D eigenvalue weighted by atomic mass is 10.0. The second kappa shape index (κ2) is 11.5. The number of amides is 1. The van der Waals surface area contributed by atoms with E-state index in [1.165, 1.54) is 0 Å². The average molecular weight is 471 g/mol. The average Bonchev–Trinajstić information content (AvgIpc) is 3.27. The fourth-order valence-electron chi connectivity index (χ4n) is 3.21. The van der Waals surface area contributed by atoms with Crippen LogP contribution < -0.4 is 15.8 Å². The van der Waals surface area contributed by atoms with Crippen molar-refractivity contribution in [2.75, 3.05) is 18.9 Å². The fraction of sp³-hybridized carbons (Fsp3) is 0.182. The van der Waals surface area contributed by atoms with Gasteiger partial charge in [0.05, 0.1) is 5.69 Å². The van der Waals surface area contributed by atoms with Gasteiger partial charge in [0.25, 0.3) is 5.91 Å². The highest BCUT2D eigenvalue weighted by Crippen LogP contribution is 2.28. The lowest BCUT2D eigenvalue weighted by Gasteiger charge is -2.14. The van der Waals surface area contributed by atoms with E-state index >= 15 is 0 Å². The largest absolute Gasteiger partial charge is 0.483 e. The molecule has 0 aliphatic heterocycles. The summed E-state index contributed by atoms with van der Waals surface area (Å²) in [5, 5.41) is 18.4. The number of carbonyl (C=O) groups excluding carboxylic acids is 1. The van der Waals surface area contributed by atoms with Gasteiger partial charge < -0.3 is 15.8 Å². The molecule has 0 saturated carbocycles. The number of hydrogen-bond donors (Lipinski definition) is 2. The highest BCUT2D eigenvalue weighted by Gasteiger charge is 2.11. The topological polar surface area (TPSA) is 108 Å². The van der Waals surface area contributed by atoms with Crippen LogP contribution in [-0.4, -0.2) is 45.0 Å². The van der Waals surface area contributed by atoms with Gasteiger partial charge in [0.1, 0.15) is 5.75 Å². The Morgan fingerprint density at radius 1 is 1.06 bits per heavy atom. The number of ether oxygens (including phenoxy) is 1. The Labute approximate surface area is 195 Å². The molecule has 3 N–H and O–H groups in total. The molecule has 8 nitrogen and oxygen atoms in total. The van der Waals surface area contributed by atoms with Crippen molar-refractivity contribution in [1.29, 1.82) is 0 Å². The van der Waals surface area contributed by atoms with Gasteiger partial charge in [-0.15, -0.1) is 17.5 Å². The molecule has 10 heteroatoms. The predicted molar refractivity (Wildman–Crippen MR) is 127 cm³/mol. The molecule has 3 aromatic carbocycles. The van der Waals surface area contributed by atoms with E-state index in [0.717, 1.165) is 39.5 Å². The molecule has 4 aromatic rings. The molecule has 0 saturated heterocycles. The third-order valence-electron chi connectivity index (χ3n) is 4.62. The number of tetrazole rings is 1. The summed E-state index contributed by atoms with van der Waals surface area (Å²) < 4.78 is 7.37. The summed E-state index contributed by atoms with van der Waals surface area (Å²) in [5.41, 5.74) is 7.17. The van der Waals surface area contributed by atoms with E-state index in [1.807, 2.05) is 60.7 Å². The van der Waals surface area contributed by atoms with E-state index < -0.39 is 5.91 Å². The van der Waals surface area contributed by atoms with Crippen LogP contribution in [0.3, 0.4) is 0 Å². The number of thioether (sulfide) groups is 1. The van der Waals surface area contributed by atoms with Gasteiger partial charge in [-0.05, 0) is 39.4 Å². The number of fused-ring (bicyclic) bond motifs is 1. The van der Waals surface area contributed by atoms with Crippen LogP contribution in [-0.2, 0) is 11.3 Å². The van der Waals surface area contributed by atoms with Crippen LogP contribution >= 0.6 is 24.2 Å². The minimum atomic E-state index is -0.500. The van der Waals surface area contributed by atoms with Gasteiger partial charge in [-0.1, -0.05) is 60.3 Å². The number of nitrogens with one attached hydrogen (secondary N) is 1. The van der Waals surface area contributed by atoms with Crippen molar-refractivity contribution in [1.82, 2.24) is 25.5 Å². The number of aromatic nitrogens is 4. The number of benzene rings is 3. The van der Waals surface area contributed by atoms with Crippen molar-refractivity contribution in [2.45, 2.75) is 11.7 Å². The number of para-hydroxylation sites is 1. The second-order valence-corrected chi connectivity index (χ2v) is 7.81. The maximum atomic E-state index is 11.1. The molecule has 0 aliphatic carbocycles. The first-order chi connectivity index (χ1) is 15.2. The van der Waals surface area contributed by atoms with Crippen LogP contribution in [0.1, 0.15) is 5.56 Å². The van der Waals surface area contributed by atoms with Crippen LogP contribution in [0.5, 0.6) is 5.75 Å².